The number of nitrogens with zero attached hydrogens (tertiary/aromatic N) is 1. The van der Waals surface area contributed by atoms with Gasteiger partial charge in [0.15, 0.2) is 0 Å². The lowest BCUT2D eigenvalue weighted by atomic mass is 9.92. The van der Waals surface area contributed by atoms with Crippen LogP contribution < -0.4 is 4.90 Å². The maximum atomic E-state index is 13.3. The van der Waals surface area contributed by atoms with Crippen molar-refractivity contribution < 1.29 is 23.9 Å². The molecule has 6 heteroatoms. The molecule has 1 amide bonds. The minimum atomic E-state index is -1.17. The van der Waals surface area contributed by atoms with E-state index in [4.69, 9.17) is 5.11 Å². The van der Waals surface area contributed by atoms with E-state index in [0.717, 1.165) is 0 Å². The van der Waals surface area contributed by atoms with Crippen LogP contribution in [0.1, 0.15) is 26.3 Å². The first-order chi connectivity index (χ1) is 11.4. The number of carbonyl (C=O) groups is 3. The summed E-state index contributed by atoms with van der Waals surface area (Å²) in [4.78, 5) is 37.4. The van der Waals surface area contributed by atoms with Crippen molar-refractivity contribution in [1.82, 2.24) is 0 Å². The van der Waals surface area contributed by atoms with Crippen LogP contribution >= 0.6 is 0 Å². The summed E-state index contributed by atoms with van der Waals surface area (Å²) in [5.74, 6) is -2.76. The van der Waals surface area contributed by atoms with Crippen LogP contribution in [-0.2, 0) is 4.79 Å². The lowest BCUT2D eigenvalue weighted by Gasteiger charge is -2.26. The SMILES string of the molecule is CN1C(=O)C(=Cc2cccc(F)c2)C(=O)c2cc(C(=O)O)ccc21. The molecule has 5 nitrogen and oxygen atoms in total. The Bertz CT molecular complexity index is 917. The number of rotatable bonds is 2. The van der Waals surface area contributed by atoms with E-state index in [1.54, 1.807) is 6.07 Å². The molecular weight excluding hydrogens is 313 g/mol. The second-order valence-electron chi connectivity index (χ2n) is 5.34. The molecule has 0 aromatic heterocycles. The van der Waals surface area contributed by atoms with Crippen molar-refractivity contribution >= 4 is 29.4 Å². The van der Waals surface area contributed by atoms with Crippen LogP contribution in [0.3, 0.4) is 0 Å². The normalized spacial score (nSPS) is 15.6. The second kappa shape index (κ2) is 5.73. The molecule has 0 bridgehead atoms. The summed E-state index contributed by atoms with van der Waals surface area (Å²) >= 11 is 0. The number of carbonyl (C=O) groups excluding carboxylic acids is 2. The number of aromatic carboxylic acids is 1. The summed E-state index contributed by atoms with van der Waals surface area (Å²) in [7, 11) is 1.49. The fourth-order valence-electron chi connectivity index (χ4n) is 2.57. The molecule has 0 radical (unpaired) electrons. The molecule has 24 heavy (non-hydrogen) atoms. The van der Waals surface area contributed by atoms with Gasteiger partial charge in [-0.05, 0) is 42.0 Å². The predicted molar refractivity (Wildman–Crippen MR) is 85.5 cm³/mol. The van der Waals surface area contributed by atoms with E-state index in [2.05, 4.69) is 0 Å². The molecule has 0 atom stereocenters. The van der Waals surface area contributed by atoms with Gasteiger partial charge in [-0.25, -0.2) is 9.18 Å². The van der Waals surface area contributed by atoms with E-state index in [9.17, 15) is 18.8 Å². The summed E-state index contributed by atoms with van der Waals surface area (Å²) in [6.45, 7) is 0. The molecule has 0 saturated carbocycles. The molecule has 0 spiro atoms. The first-order valence-corrected chi connectivity index (χ1v) is 7.06. The molecule has 1 N–H and O–H groups in total. The van der Waals surface area contributed by atoms with E-state index in [1.165, 1.54) is 54.4 Å². The van der Waals surface area contributed by atoms with Gasteiger partial charge in [0, 0.05) is 12.6 Å². The van der Waals surface area contributed by atoms with Crippen molar-refractivity contribution in [3.63, 3.8) is 0 Å². The zero-order valence-electron chi connectivity index (χ0n) is 12.6. The van der Waals surface area contributed by atoms with E-state index < -0.39 is 23.5 Å². The zero-order chi connectivity index (χ0) is 17.4. The van der Waals surface area contributed by atoms with Crippen molar-refractivity contribution in [2.45, 2.75) is 0 Å². The number of halogens is 1. The van der Waals surface area contributed by atoms with E-state index in [1.807, 2.05) is 0 Å². The average Bonchev–Trinajstić information content (AvgIpc) is 2.56. The van der Waals surface area contributed by atoms with Gasteiger partial charge in [-0.3, -0.25) is 9.59 Å². The van der Waals surface area contributed by atoms with Gasteiger partial charge in [0.05, 0.1) is 16.8 Å². The number of hydrogen-bond donors (Lipinski definition) is 1. The molecule has 0 fully saturated rings. The number of ketones is 1. The molecule has 3 rings (SSSR count). The number of benzene rings is 2. The number of carboxylic acids is 1. The average molecular weight is 325 g/mol. The Morgan fingerprint density at radius 3 is 2.58 bits per heavy atom. The molecule has 1 heterocycles. The Morgan fingerprint density at radius 1 is 1.17 bits per heavy atom. The van der Waals surface area contributed by atoms with Crippen LogP contribution in [0, 0.1) is 5.82 Å². The van der Waals surface area contributed by atoms with Gasteiger partial charge >= 0.3 is 5.97 Å². The topological polar surface area (TPSA) is 74.7 Å². The minimum Gasteiger partial charge on any atom is -0.478 e. The third-order valence-corrected chi connectivity index (χ3v) is 3.79. The highest BCUT2D eigenvalue weighted by atomic mass is 19.1. The molecule has 0 aliphatic carbocycles. The Balaban J connectivity index is 2.14. The summed E-state index contributed by atoms with van der Waals surface area (Å²) < 4.78 is 13.3. The van der Waals surface area contributed by atoms with Gasteiger partial charge in [0.25, 0.3) is 5.91 Å². The number of Topliss-reactive ketones (excluding diaryl/α,β-unsaturated/α-hetero) is 1. The van der Waals surface area contributed by atoms with Gasteiger partial charge in [0.2, 0.25) is 5.78 Å². The second-order valence-corrected chi connectivity index (χ2v) is 5.34. The summed E-state index contributed by atoms with van der Waals surface area (Å²) in [6.07, 6.45) is 1.31. The Kier molecular flexibility index (Phi) is 3.73. The van der Waals surface area contributed by atoms with Crippen molar-refractivity contribution in [1.29, 1.82) is 0 Å². The molecule has 2 aromatic rings. The van der Waals surface area contributed by atoms with Gasteiger partial charge in [-0.2, -0.15) is 0 Å². The minimum absolute atomic E-state index is 0.0463. The van der Waals surface area contributed by atoms with Crippen LogP contribution in [0.4, 0.5) is 10.1 Å². The third kappa shape index (κ3) is 2.58. The monoisotopic (exact) mass is 325 g/mol. The van der Waals surface area contributed by atoms with E-state index in [0.29, 0.717) is 11.3 Å². The highest BCUT2D eigenvalue weighted by molar-refractivity contribution is 6.36. The maximum absolute atomic E-state index is 13.3. The molecule has 120 valence electrons. The van der Waals surface area contributed by atoms with Gasteiger partial charge in [0.1, 0.15) is 5.82 Å². The lowest BCUT2D eigenvalue weighted by Crippen LogP contribution is -2.36. The highest BCUT2D eigenvalue weighted by Crippen LogP contribution is 2.31. The largest absolute Gasteiger partial charge is 0.478 e. The molecule has 2 aromatic carbocycles. The molecule has 1 aliphatic rings. The fraction of sp³-hybridized carbons (Fsp3) is 0.0556. The van der Waals surface area contributed by atoms with Gasteiger partial charge in [-0.1, -0.05) is 12.1 Å². The third-order valence-electron chi connectivity index (χ3n) is 3.79. The first-order valence-electron chi connectivity index (χ1n) is 7.06. The zero-order valence-corrected chi connectivity index (χ0v) is 12.6. The van der Waals surface area contributed by atoms with E-state index in [-0.39, 0.29) is 16.7 Å². The summed E-state index contributed by atoms with van der Waals surface area (Å²) in [5.41, 5.74) is 0.650. The quantitative estimate of drug-likeness (QED) is 0.680. The van der Waals surface area contributed by atoms with Crippen LogP contribution in [-0.4, -0.2) is 29.8 Å². The number of amides is 1. The maximum Gasteiger partial charge on any atom is 0.335 e. The molecule has 0 saturated heterocycles. The van der Waals surface area contributed by atoms with E-state index >= 15 is 0 Å². The Hall–Kier alpha value is -3.28. The van der Waals surface area contributed by atoms with Crippen LogP contribution in [0.2, 0.25) is 0 Å². The number of anilines is 1. The van der Waals surface area contributed by atoms with Crippen molar-refractivity contribution in [2.75, 3.05) is 11.9 Å². The smallest absolute Gasteiger partial charge is 0.335 e. The van der Waals surface area contributed by atoms with Crippen LogP contribution in [0.5, 0.6) is 0 Å². The Labute approximate surface area is 136 Å². The number of fused-ring (bicyclic) bond motifs is 1. The van der Waals surface area contributed by atoms with Crippen molar-refractivity contribution in [3.05, 3.63) is 70.5 Å². The van der Waals surface area contributed by atoms with Crippen LogP contribution in [0.15, 0.2) is 48.0 Å². The van der Waals surface area contributed by atoms with Gasteiger partial charge < -0.3 is 10.0 Å². The van der Waals surface area contributed by atoms with Crippen molar-refractivity contribution in [3.8, 4) is 0 Å². The first kappa shape index (κ1) is 15.6. The Morgan fingerprint density at radius 2 is 1.92 bits per heavy atom. The molecular formula is C18H12FNO4. The summed E-state index contributed by atoms with van der Waals surface area (Å²) in [5, 5.41) is 9.07. The number of hydrogen-bond acceptors (Lipinski definition) is 3. The number of carboxylic acid groups (broad SMARTS) is 1. The molecule has 1 aliphatic heterocycles. The van der Waals surface area contributed by atoms with Crippen molar-refractivity contribution in [2.24, 2.45) is 0 Å². The fourth-order valence-corrected chi connectivity index (χ4v) is 2.57. The predicted octanol–water partition coefficient (Wildman–Crippen LogP) is 2.77. The highest BCUT2D eigenvalue weighted by Gasteiger charge is 2.33. The number of likely N-dealkylation sites (N-methyl/N-ethyl adjacent to an activating group) is 1. The molecule has 0 unspecified atom stereocenters. The lowest BCUT2D eigenvalue weighted by molar-refractivity contribution is -0.114. The summed E-state index contributed by atoms with van der Waals surface area (Å²) in [6, 6.07) is 9.50. The standard InChI is InChI=1S/C18H12FNO4/c1-20-15-6-5-11(18(23)24)9-13(15)16(21)14(17(20)22)8-10-3-2-4-12(19)7-10/h2-9H,1H3,(H,23,24). The van der Waals surface area contributed by atoms with Crippen LogP contribution in [0.25, 0.3) is 6.08 Å². The van der Waals surface area contributed by atoms with Gasteiger partial charge in [-0.15, -0.1) is 0 Å².